The van der Waals surface area contributed by atoms with Gasteiger partial charge in [-0.25, -0.2) is 4.98 Å². The van der Waals surface area contributed by atoms with Gasteiger partial charge in [-0.15, -0.1) is 0 Å². The number of pyridine rings is 1. The minimum Gasteiger partial charge on any atom is -0.355 e. The van der Waals surface area contributed by atoms with E-state index in [1.807, 2.05) is 0 Å². The minimum absolute atomic E-state index is 0.641. The molecule has 1 aromatic heterocycles. The monoisotopic (exact) mass is 290 g/mol. The van der Waals surface area contributed by atoms with E-state index >= 15 is 0 Å². The molecule has 0 spiro atoms. The third-order valence-electron chi connectivity index (χ3n) is 3.67. The van der Waals surface area contributed by atoms with Crippen LogP contribution in [0, 0.1) is 5.92 Å². The number of hydrogen-bond donors (Lipinski definition) is 1. The Hall–Kier alpha value is -1.13. The summed E-state index contributed by atoms with van der Waals surface area (Å²) in [6, 6.07) is 7.13. The lowest BCUT2D eigenvalue weighted by molar-refractivity contribution is 0.408. The zero-order valence-electron chi connectivity index (χ0n) is 14.0. The van der Waals surface area contributed by atoms with Gasteiger partial charge in [0.1, 0.15) is 5.82 Å². The van der Waals surface area contributed by atoms with Gasteiger partial charge in [0, 0.05) is 32.2 Å². The molecule has 0 aromatic carbocycles. The van der Waals surface area contributed by atoms with Crippen molar-refractivity contribution in [1.82, 2.24) is 15.2 Å². The Labute approximate surface area is 129 Å². The summed E-state index contributed by atoms with van der Waals surface area (Å²) in [7, 11) is 4.24. The molecule has 4 nitrogen and oxygen atoms in total. The first-order valence-electron chi connectivity index (χ1n) is 8.13. The van der Waals surface area contributed by atoms with E-state index in [9.17, 15) is 0 Å². The lowest BCUT2D eigenvalue weighted by atomic mass is 10.2. The second-order valence-electron chi connectivity index (χ2n) is 6.79. The molecule has 118 valence electrons. The van der Waals surface area contributed by atoms with Crippen LogP contribution in [0.1, 0.15) is 32.4 Å². The van der Waals surface area contributed by atoms with Crippen molar-refractivity contribution in [2.45, 2.75) is 39.3 Å². The average Bonchev–Trinajstić information content (AvgIpc) is 3.25. The van der Waals surface area contributed by atoms with Crippen molar-refractivity contribution in [3.63, 3.8) is 0 Å². The molecule has 21 heavy (non-hydrogen) atoms. The largest absolute Gasteiger partial charge is 0.355 e. The predicted molar refractivity (Wildman–Crippen MR) is 89.7 cm³/mol. The number of anilines is 1. The lowest BCUT2D eigenvalue weighted by Gasteiger charge is -2.27. The van der Waals surface area contributed by atoms with Crippen LogP contribution < -0.4 is 10.2 Å². The van der Waals surface area contributed by atoms with Gasteiger partial charge in [0.25, 0.3) is 0 Å². The zero-order chi connectivity index (χ0) is 15.2. The maximum Gasteiger partial charge on any atom is 0.128 e. The van der Waals surface area contributed by atoms with Crippen LogP contribution in [0.2, 0.25) is 0 Å². The normalized spacial score (nSPS) is 15.0. The topological polar surface area (TPSA) is 31.4 Å². The van der Waals surface area contributed by atoms with Gasteiger partial charge in [0.05, 0.1) is 5.69 Å². The quantitative estimate of drug-likeness (QED) is 0.756. The fraction of sp³-hybridized carbons (Fsp3) is 0.706. The van der Waals surface area contributed by atoms with Crippen LogP contribution >= 0.6 is 0 Å². The van der Waals surface area contributed by atoms with Crippen molar-refractivity contribution in [3.8, 4) is 0 Å². The van der Waals surface area contributed by atoms with Crippen molar-refractivity contribution >= 4 is 5.82 Å². The molecular weight excluding hydrogens is 260 g/mol. The van der Waals surface area contributed by atoms with Crippen LogP contribution in [-0.4, -0.2) is 49.7 Å². The highest BCUT2D eigenvalue weighted by Crippen LogP contribution is 2.19. The standard InChI is InChI=1S/C17H30N4/c1-14(2)13-21(11-10-20(3)4)17-7-5-6-16(19-17)12-18-15-8-9-15/h5-7,14-15,18H,8-13H2,1-4H3. The maximum absolute atomic E-state index is 4.85. The zero-order valence-corrected chi connectivity index (χ0v) is 14.0. The summed E-state index contributed by atoms with van der Waals surface area (Å²) >= 11 is 0. The van der Waals surface area contributed by atoms with Crippen LogP contribution in [0.25, 0.3) is 0 Å². The van der Waals surface area contributed by atoms with Crippen LogP contribution in [-0.2, 0) is 6.54 Å². The van der Waals surface area contributed by atoms with E-state index in [1.54, 1.807) is 0 Å². The summed E-state index contributed by atoms with van der Waals surface area (Å²) in [6.45, 7) is 8.56. The minimum atomic E-state index is 0.641. The fourth-order valence-electron chi connectivity index (χ4n) is 2.34. The van der Waals surface area contributed by atoms with Crippen LogP contribution in [0.5, 0.6) is 0 Å². The fourth-order valence-corrected chi connectivity index (χ4v) is 2.34. The molecule has 1 heterocycles. The summed E-state index contributed by atoms with van der Waals surface area (Å²) < 4.78 is 0. The van der Waals surface area contributed by atoms with E-state index in [-0.39, 0.29) is 0 Å². The summed E-state index contributed by atoms with van der Waals surface area (Å²) in [5, 5.41) is 3.54. The molecule has 1 N–H and O–H groups in total. The van der Waals surface area contributed by atoms with Gasteiger partial charge in [0.15, 0.2) is 0 Å². The molecule has 0 saturated heterocycles. The number of aromatic nitrogens is 1. The van der Waals surface area contributed by atoms with Crippen molar-refractivity contribution in [2.24, 2.45) is 5.92 Å². The maximum atomic E-state index is 4.85. The molecule has 1 fully saturated rings. The Morgan fingerprint density at radius 1 is 1.24 bits per heavy atom. The van der Waals surface area contributed by atoms with Crippen molar-refractivity contribution in [3.05, 3.63) is 23.9 Å². The number of hydrogen-bond acceptors (Lipinski definition) is 4. The van der Waals surface area contributed by atoms with Crippen LogP contribution in [0.4, 0.5) is 5.82 Å². The number of likely N-dealkylation sites (N-methyl/N-ethyl adjacent to an activating group) is 1. The highest BCUT2D eigenvalue weighted by molar-refractivity contribution is 5.39. The van der Waals surface area contributed by atoms with E-state index in [0.717, 1.165) is 43.7 Å². The highest BCUT2D eigenvalue weighted by atomic mass is 15.2. The molecule has 0 radical (unpaired) electrons. The van der Waals surface area contributed by atoms with E-state index in [4.69, 9.17) is 4.98 Å². The van der Waals surface area contributed by atoms with Gasteiger partial charge in [-0.1, -0.05) is 19.9 Å². The summed E-state index contributed by atoms with van der Waals surface area (Å²) in [5.74, 6) is 1.75. The van der Waals surface area contributed by atoms with E-state index in [1.165, 1.54) is 12.8 Å². The second kappa shape index (κ2) is 7.76. The number of nitrogens with one attached hydrogen (secondary N) is 1. The molecule has 1 aliphatic rings. The Balaban J connectivity index is 2.00. The van der Waals surface area contributed by atoms with E-state index in [2.05, 4.69) is 61.3 Å². The molecular formula is C17H30N4. The van der Waals surface area contributed by atoms with Crippen molar-refractivity contribution < 1.29 is 0 Å². The third kappa shape index (κ3) is 6.02. The molecule has 1 saturated carbocycles. The van der Waals surface area contributed by atoms with Gasteiger partial charge in [-0.3, -0.25) is 0 Å². The Kier molecular flexibility index (Phi) is 6.00. The smallest absolute Gasteiger partial charge is 0.128 e. The Bertz CT molecular complexity index is 427. The molecule has 1 aromatic rings. The second-order valence-corrected chi connectivity index (χ2v) is 6.79. The molecule has 4 heteroatoms. The average molecular weight is 290 g/mol. The molecule has 0 amide bonds. The number of rotatable bonds is 9. The molecule has 2 rings (SSSR count). The lowest BCUT2D eigenvalue weighted by Crippen LogP contribution is -2.35. The molecule has 1 aliphatic carbocycles. The summed E-state index contributed by atoms with van der Waals surface area (Å²) in [5.41, 5.74) is 1.15. The molecule has 0 atom stereocenters. The summed E-state index contributed by atoms with van der Waals surface area (Å²) in [6.07, 6.45) is 2.64. The third-order valence-corrected chi connectivity index (χ3v) is 3.67. The predicted octanol–water partition coefficient (Wildman–Crippen LogP) is 2.36. The van der Waals surface area contributed by atoms with Crippen LogP contribution in [0.15, 0.2) is 18.2 Å². The molecule has 0 aliphatic heterocycles. The molecule has 0 bridgehead atoms. The van der Waals surface area contributed by atoms with E-state index in [0.29, 0.717) is 5.92 Å². The first kappa shape index (κ1) is 16.2. The van der Waals surface area contributed by atoms with Crippen molar-refractivity contribution in [2.75, 3.05) is 38.6 Å². The van der Waals surface area contributed by atoms with Gasteiger partial charge in [-0.05, 0) is 45.0 Å². The first-order valence-corrected chi connectivity index (χ1v) is 8.13. The van der Waals surface area contributed by atoms with Gasteiger partial charge < -0.3 is 15.1 Å². The number of nitrogens with zero attached hydrogens (tertiary/aromatic N) is 3. The SMILES string of the molecule is CC(C)CN(CCN(C)C)c1cccc(CNC2CC2)n1. The molecule has 0 unspecified atom stereocenters. The first-order chi connectivity index (χ1) is 10.0. The Morgan fingerprint density at radius 3 is 2.62 bits per heavy atom. The van der Waals surface area contributed by atoms with Crippen LogP contribution in [0.3, 0.4) is 0 Å². The summed E-state index contributed by atoms with van der Waals surface area (Å²) in [4.78, 5) is 9.48. The highest BCUT2D eigenvalue weighted by Gasteiger charge is 2.20. The van der Waals surface area contributed by atoms with Crippen molar-refractivity contribution in [1.29, 1.82) is 0 Å². The van der Waals surface area contributed by atoms with Gasteiger partial charge in [0.2, 0.25) is 0 Å². The van der Waals surface area contributed by atoms with Gasteiger partial charge in [-0.2, -0.15) is 0 Å². The van der Waals surface area contributed by atoms with E-state index < -0.39 is 0 Å². The Morgan fingerprint density at radius 2 is 2.00 bits per heavy atom. The van der Waals surface area contributed by atoms with Gasteiger partial charge >= 0.3 is 0 Å².